The maximum Gasteiger partial charge on any atom is 0.257 e. The minimum atomic E-state index is -3.08. The lowest BCUT2D eigenvalue weighted by Crippen LogP contribution is -2.39. The summed E-state index contributed by atoms with van der Waals surface area (Å²) in [5.41, 5.74) is 0.982. The predicted molar refractivity (Wildman–Crippen MR) is 88.9 cm³/mol. The number of carbonyl (C=O) groups is 1. The monoisotopic (exact) mass is 340 g/mol. The van der Waals surface area contributed by atoms with Gasteiger partial charge in [-0.2, -0.15) is 0 Å². The topological polar surface area (TPSA) is 75.7 Å². The van der Waals surface area contributed by atoms with Crippen LogP contribution >= 0.6 is 0 Å². The summed E-state index contributed by atoms with van der Waals surface area (Å²) in [7, 11) is -3.08. The molecular formula is C16H24N2O4S. The molecular weight excluding hydrogens is 316 g/mol. The molecule has 1 heterocycles. The quantitative estimate of drug-likeness (QED) is 0.759. The molecule has 0 aromatic heterocycles. The van der Waals surface area contributed by atoms with E-state index < -0.39 is 10.0 Å². The van der Waals surface area contributed by atoms with Crippen molar-refractivity contribution in [2.45, 2.75) is 26.2 Å². The molecule has 1 N–H and O–H groups in total. The molecule has 0 spiro atoms. The third-order valence-corrected chi connectivity index (χ3v) is 5.77. The predicted octanol–water partition coefficient (Wildman–Crippen LogP) is 1.31. The number of para-hydroxylation sites is 1. The molecule has 1 amide bonds. The Morgan fingerprint density at radius 3 is 2.83 bits per heavy atom. The van der Waals surface area contributed by atoms with Crippen molar-refractivity contribution in [3.63, 3.8) is 0 Å². The summed E-state index contributed by atoms with van der Waals surface area (Å²) in [5, 5.41) is 2.75. The Balaban J connectivity index is 1.64. The molecule has 1 aromatic carbocycles. The summed E-state index contributed by atoms with van der Waals surface area (Å²) in [5.74, 6) is 0.737. The number of sulfonamides is 1. The van der Waals surface area contributed by atoms with Gasteiger partial charge < -0.3 is 10.1 Å². The Bertz CT molecular complexity index is 631. The van der Waals surface area contributed by atoms with E-state index in [2.05, 4.69) is 5.32 Å². The molecule has 1 aromatic rings. The molecule has 23 heavy (non-hydrogen) atoms. The van der Waals surface area contributed by atoms with Gasteiger partial charge in [-0.05, 0) is 37.8 Å². The van der Waals surface area contributed by atoms with Crippen molar-refractivity contribution in [3.05, 3.63) is 29.8 Å². The molecule has 0 saturated carbocycles. The molecule has 0 aliphatic carbocycles. The van der Waals surface area contributed by atoms with Gasteiger partial charge in [0.05, 0.1) is 5.75 Å². The van der Waals surface area contributed by atoms with Crippen LogP contribution in [-0.4, -0.2) is 50.6 Å². The number of hydrogen-bond acceptors (Lipinski definition) is 4. The van der Waals surface area contributed by atoms with Gasteiger partial charge in [0.15, 0.2) is 6.61 Å². The van der Waals surface area contributed by atoms with Gasteiger partial charge in [0, 0.05) is 19.6 Å². The number of ether oxygens (including phenoxy) is 1. The van der Waals surface area contributed by atoms with Crippen LogP contribution in [0, 0.1) is 6.92 Å². The first kappa shape index (κ1) is 17.7. The maximum absolute atomic E-state index is 11.8. The van der Waals surface area contributed by atoms with Gasteiger partial charge in [-0.25, -0.2) is 12.7 Å². The highest BCUT2D eigenvalue weighted by Gasteiger charge is 2.24. The van der Waals surface area contributed by atoms with Gasteiger partial charge in [0.25, 0.3) is 5.91 Å². The summed E-state index contributed by atoms with van der Waals surface area (Å²) in [6.45, 7) is 3.38. The van der Waals surface area contributed by atoms with Crippen LogP contribution < -0.4 is 10.1 Å². The smallest absolute Gasteiger partial charge is 0.257 e. The van der Waals surface area contributed by atoms with Crippen LogP contribution in [-0.2, 0) is 14.8 Å². The molecule has 0 atom stereocenters. The van der Waals surface area contributed by atoms with Gasteiger partial charge in [-0.15, -0.1) is 0 Å². The average molecular weight is 340 g/mol. The molecule has 1 aliphatic heterocycles. The Morgan fingerprint density at radius 1 is 1.30 bits per heavy atom. The molecule has 1 saturated heterocycles. The molecule has 128 valence electrons. The van der Waals surface area contributed by atoms with E-state index >= 15 is 0 Å². The van der Waals surface area contributed by atoms with Gasteiger partial charge in [-0.3, -0.25) is 4.79 Å². The van der Waals surface area contributed by atoms with Crippen molar-refractivity contribution >= 4 is 15.9 Å². The van der Waals surface area contributed by atoms with E-state index in [1.54, 1.807) is 0 Å². The van der Waals surface area contributed by atoms with E-state index in [4.69, 9.17) is 4.74 Å². The average Bonchev–Trinajstić information content (AvgIpc) is 2.52. The second-order valence-corrected chi connectivity index (χ2v) is 7.77. The fraction of sp³-hybridized carbons (Fsp3) is 0.562. The molecule has 6 nitrogen and oxygen atoms in total. The Morgan fingerprint density at radius 2 is 2.09 bits per heavy atom. The summed E-state index contributed by atoms with van der Waals surface area (Å²) in [4.78, 5) is 11.7. The number of amides is 1. The van der Waals surface area contributed by atoms with Crippen LogP contribution in [0.4, 0.5) is 0 Å². The molecule has 0 unspecified atom stereocenters. The number of aryl methyl sites for hydroxylation is 1. The van der Waals surface area contributed by atoms with Crippen LogP contribution in [0.15, 0.2) is 24.3 Å². The number of rotatable bonds is 7. The molecule has 7 heteroatoms. The molecule has 2 rings (SSSR count). The zero-order valence-corrected chi connectivity index (χ0v) is 14.3. The Kier molecular flexibility index (Phi) is 6.41. The van der Waals surface area contributed by atoms with Crippen LogP contribution in [0.2, 0.25) is 0 Å². The normalized spacial score (nSPS) is 17.6. The van der Waals surface area contributed by atoms with Crippen molar-refractivity contribution in [3.8, 4) is 5.75 Å². The van der Waals surface area contributed by atoms with E-state index in [-0.39, 0.29) is 18.3 Å². The minimum absolute atomic E-state index is 0.0349. The van der Waals surface area contributed by atoms with Gasteiger partial charge in [0.2, 0.25) is 10.0 Å². The van der Waals surface area contributed by atoms with Crippen LogP contribution in [0.5, 0.6) is 5.75 Å². The highest BCUT2D eigenvalue weighted by molar-refractivity contribution is 7.89. The molecule has 0 bridgehead atoms. The zero-order valence-electron chi connectivity index (χ0n) is 13.5. The second-order valence-electron chi connectivity index (χ2n) is 5.68. The number of benzene rings is 1. The summed E-state index contributed by atoms with van der Waals surface area (Å²) in [6, 6.07) is 7.52. The number of nitrogens with one attached hydrogen (secondary N) is 1. The summed E-state index contributed by atoms with van der Waals surface area (Å²) >= 11 is 0. The van der Waals surface area contributed by atoms with Crippen molar-refractivity contribution in [2.24, 2.45) is 0 Å². The van der Waals surface area contributed by atoms with Crippen LogP contribution in [0.25, 0.3) is 0 Å². The fourth-order valence-corrected chi connectivity index (χ4v) is 4.13. The highest BCUT2D eigenvalue weighted by Crippen LogP contribution is 2.16. The van der Waals surface area contributed by atoms with Gasteiger partial charge in [0.1, 0.15) is 5.75 Å². The number of nitrogens with zero attached hydrogens (tertiary/aromatic N) is 1. The minimum Gasteiger partial charge on any atom is -0.484 e. The zero-order chi connectivity index (χ0) is 16.7. The lowest BCUT2D eigenvalue weighted by molar-refractivity contribution is -0.123. The maximum atomic E-state index is 11.8. The molecule has 0 radical (unpaired) electrons. The SMILES string of the molecule is Cc1ccccc1OCC(=O)NCCCN1CCCCS1(=O)=O. The van der Waals surface area contributed by atoms with Crippen molar-refractivity contribution in [1.29, 1.82) is 0 Å². The van der Waals surface area contributed by atoms with Gasteiger partial charge >= 0.3 is 0 Å². The Labute approximate surface area is 137 Å². The lowest BCUT2D eigenvalue weighted by Gasteiger charge is -2.26. The Hall–Kier alpha value is -1.60. The van der Waals surface area contributed by atoms with E-state index in [0.29, 0.717) is 31.8 Å². The van der Waals surface area contributed by atoms with Crippen LogP contribution in [0.3, 0.4) is 0 Å². The van der Waals surface area contributed by atoms with Crippen molar-refractivity contribution in [2.75, 3.05) is 32.0 Å². The van der Waals surface area contributed by atoms with Gasteiger partial charge in [-0.1, -0.05) is 18.2 Å². The first-order valence-electron chi connectivity index (χ1n) is 7.92. The van der Waals surface area contributed by atoms with Crippen LogP contribution in [0.1, 0.15) is 24.8 Å². The molecule has 1 fully saturated rings. The van der Waals surface area contributed by atoms with Crippen molar-refractivity contribution < 1.29 is 17.9 Å². The van der Waals surface area contributed by atoms with E-state index in [1.165, 1.54) is 4.31 Å². The van der Waals surface area contributed by atoms with E-state index in [9.17, 15) is 13.2 Å². The second kappa shape index (κ2) is 8.31. The van der Waals surface area contributed by atoms with E-state index in [1.807, 2.05) is 31.2 Å². The first-order chi connectivity index (χ1) is 11.0. The largest absolute Gasteiger partial charge is 0.484 e. The fourth-order valence-electron chi connectivity index (χ4n) is 2.49. The number of hydrogen-bond donors (Lipinski definition) is 1. The molecule has 1 aliphatic rings. The summed E-state index contributed by atoms with van der Waals surface area (Å²) < 4.78 is 30.6. The first-order valence-corrected chi connectivity index (χ1v) is 9.53. The standard InChI is InChI=1S/C16H24N2O4S/c1-14-7-2-3-8-15(14)22-13-16(19)17-9-6-11-18-10-4-5-12-23(18,20)21/h2-3,7-8H,4-6,9-13H2,1H3,(H,17,19). The highest BCUT2D eigenvalue weighted by atomic mass is 32.2. The number of carbonyl (C=O) groups excluding carboxylic acids is 1. The third kappa shape index (κ3) is 5.51. The van der Waals surface area contributed by atoms with E-state index in [0.717, 1.165) is 18.4 Å². The lowest BCUT2D eigenvalue weighted by atomic mass is 10.2. The summed E-state index contributed by atoms with van der Waals surface area (Å²) in [6.07, 6.45) is 2.26. The van der Waals surface area contributed by atoms with Crippen molar-refractivity contribution in [1.82, 2.24) is 9.62 Å². The third-order valence-electron chi connectivity index (χ3n) is 3.81.